The number of sulfonamides is 1. The lowest BCUT2D eigenvalue weighted by Gasteiger charge is -2.41. The van der Waals surface area contributed by atoms with E-state index in [2.05, 4.69) is 4.90 Å². The predicted molar refractivity (Wildman–Crippen MR) is 76.1 cm³/mol. The van der Waals surface area contributed by atoms with Gasteiger partial charge in [0.25, 0.3) is 0 Å². The van der Waals surface area contributed by atoms with Gasteiger partial charge in [0.1, 0.15) is 10.6 Å². The Kier molecular flexibility index (Phi) is 3.48. The molecule has 0 aliphatic carbocycles. The maximum atomic E-state index is 12.8. The first-order chi connectivity index (χ1) is 9.50. The van der Waals surface area contributed by atoms with Crippen LogP contribution in [0.15, 0.2) is 29.2 Å². The Labute approximate surface area is 119 Å². The zero-order valence-electron chi connectivity index (χ0n) is 11.6. The van der Waals surface area contributed by atoms with Gasteiger partial charge in [-0.1, -0.05) is 12.1 Å². The lowest BCUT2D eigenvalue weighted by Crippen LogP contribution is -2.56. The van der Waals surface area contributed by atoms with Crippen molar-refractivity contribution in [1.82, 2.24) is 9.21 Å². The van der Waals surface area contributed by atoms with E-state index in [-0.39, 0.29) is 16.7 Å². The van der Waals surface area contributed by atoms with Gasteiger partial charge in [-0.25, -0.2) is 8.42 Å². The van der Waals surface area contributed by atoms with Crippen molar-refractivity contribution in [3.63, 3.8) is 0 Å². The topological polar surface area (TPSA) is 60.9 Å². The Morgan fingerprint density at radius 1 is 1.25 bits per heavy atom. The number of phenols is 1. The molecule has 3 rings (SSSR count). The first-order valence-electron chi connectivity index (χ1n) is 7.04. The minimum atomic E-state index is -3.62. The third-order valence-corrected chi connectivity index (χ3v) is 6.36. The van der Waals surface area contributed by atoms with Crippen LogP contribution in [0, 0.1) is 0 Å². The van der Waals surface area contributed by atoms with Gasteiger partial charge in [-0.3, -0.25) is 4.90 Å². The Bertz CT molecular complexity index is 602. The molecule has 0 aromatic heterocycles. The molecule has 2 aliphatic rings. The van der Waals surface area contributed by atoms with Crippen molar-refractivity contribution in [3.8, 4) is 5.75 Å². The lowest BCUT2D eigenvalue weighted by atomic mass is 10.1. The van der Waals surface area contributed by atoms with Crippen molar-refractivity contribution in [1.29, 1.82) is 0 Å². The SMILES string of the molecule is CC1CN2CCCC2CN1S(=O)(=O)c1ccccc1O. The molecule has 20 heavy (non-hydrogen) atoms. The largest absolute Gasteiger partial charge is 0.507 e. The number of hydrogen-bond acceptors (Lipinski definition) is 4. The monoisotopic (exact) mass is 296 g/mol. The number of para-hydroxylation sites is 1. The number of phenolic OH excluding ortho intramolecular Hbond substituents is 1. The second-order valence-corrected chi connectivity index (χ2v) is 7.54. The van der Waals surface area contributed by atoms with Crippen LogP contribution >= 0.6 is 0 Å². The summed E-state index contributed by atoms with van der Waals surface area (Å²) < 4.78 is 27.1. The number of aromatic hydroxyl groups is 1. The van der Waals surface area contributed by atoms with E-state index in [1.807, 2.05) is 6.92 Å². The van der Waals surface area contributed by atoms with Gasteiger partial charge >= 0.3 is 0 Å². The molecule has 1 N–H and O–H groups in total. The molecule has 2 heterocycles. The van der Waals surface area contributed by atoms with Gasteiger partial charge in [0, 0.05) is 25.2 Å². The number of benzene rings is 1. The highest BCUT2D eigenvalue weighted by Gasteiger charge is 2.40. The maximum absolute atomic E-state index is 12.8. The van der Waals surface area contributed by atoms with E-state index in [9.17, 15) is 13.5 Å². The second-order valence-electron chi connectivity index (χ2n) is 5.68. The fourth-order valence-corrected chi connectivity index (χ4v) is 5.04. The molecule has 110 valence electrons. The Morgan fingerprint density at radius 2 is 2.00 bits per heavy atom. The molecule has 2 atom stereocenters. The third-order valence-electron chi connectivity index (χ3n) is 4.33. The highest BCUT2D eigenvalue weighted by Crippen LogP contribution is 2.31. The average Bonchev–Trinajstić information content (AvgIpc) is 2.85. The standard InChI is InChI=1S/C14H20N2O3S/c1-11-9-15-8-4-5-12(15)10-16(11)20(18,19)14-7-3-2-6-13(14)17/h2-3,6-7,11-12,17H,4-5,8-10H2,1H3. The van der Waals surface area contributed by atoms with Gasteiger partial charge in [0.05, 0.1) is 0 Å². The molecule has 2 fully saturated rings. The summed E-state index contributed by atoms with van der Waals surface area (Å²) >= 11 is 0. The zero-order valence-corrected chi connectivity index (χ0v) is 12.4. The summed E-state index contributed by atoms with van der Waals surface area (Å²) in [7, 11) is -3.62. The van der Waals surface area contributed by atoms with E-state index in [1.165, 1.54) is 12.1 Å². The van der Waals surface area contributed by atoms with Gasteiger partial charge in [0.15, 0.2) is 0 Å². The normalized spacial score (nSPS) is 28.4. The number of piperazine rings is 1. The van der Waals surface area contributed by atoms with Crippen LogP contribution in [0.5, 0.6) is 5.75 Å². The summed E-state index contributed by atoms with van der Waals surface area (Å²) in [4.78, 5) is 2.39. The molecular weight excluding hydrogens is 276 g/mol. The molecular formula is C14H20N2O3S. The molecule has 5 nitrogen and oxygen atoms in total. The molecule has 1 aromatic carbocycles. The lowest BCUT2D eigenvalue weighted by molar-refractivity contribution is 0.117. The van der Waals surface area contributed by atoms with E-state index in [0.29, 0.717) is 12.6 Å². The van der Waals surface area contributed by atoms with E-state index >= 15 is 0 Å². The second kappa shape index (κ2) is 5.02. The van der Waals surface area contributed by atoms with E-state index < -0.39 is 10.0 Å². The van der Waals surface area contributed by atoms with Crippen LogP contribution in [0.4, 0.5) is 0 Å². The smallest absolute Gasteiger partial charge is 0.247 e. The van der Waals surface area contributed by atoms with E-state index in [1.54, 1.807) is 16.4 Å². The highest BCUT2D eigenvalue weighted by molar-refractivity contribution is 7.89. The molecule has 1 aromatic rings. The van der Waals surface area contributed by atoms with Gasteiger partial charge in [-0.05, 0) is 38.4 Å². The van der Waals surface area contributed by atoms with Gasteiger partial charge in [0.2, 0.25) is 10.0 Å². The van der Waals surface area contributed by atoms with Crippen LogP contribution in [0.3, 0.4) is 0 Å². The first-order valence-corrected chi connectivity index (χ1v) is 8.48. The molecule has 2 aliphatic heterocycles. The van der Waals surface area contributed by atoms with Crippen molar-refractivity contribution in [2.75, 3.05) is 19.6 Å². The summed E-state index contributed by atoms with van der Waals surface area (Å²) in [5, 5.41) is 9.83. The summed E-state index contributed by atoms with van der Waals surface area (Å²) in [6.45, 7) is 4.31. The molecule has 0 bridgehead atoms. The van der Waals surface area contributed by atoms with Crippen LogP contribution in [-0.4, -0.2) is 54.4 Å². The number of fused-ring (bicyclic) bond motifs is 1. The Morgan fingerprint density at radius 3 is 2.75 bits per heavy atom. The quantitative estimate of drug-likeness (QED) is 0.892. The molecule has 0 spiro atoms. The molecule has 0 radical (unpaired) electrons. The van der Waals surface area contributed by atoms with Crippen LogP contribution in [0.25, 0.3) is 0 Å². The highest BCUT2D eigenvalue weighted by atomic mass is 32.2. The summed E-state index contributed by atoms with van der Waals surface area (Å²) in [6, 6.07) is 6.43. The predicted octanol–water partition coefficient (Wildman–Crippen LogP) is 1.25. The molecule has 0 saturated carbocycles. The van der Waals surface area contributed by atoms with Crippen molar-refractivity contribution in [3.05, 3.63) is 24.3 Å². The molecule has 0 amide bonds. The molecule has 6 heteroatoms. The summed E-state index contributed by atoms with van der Waals surface area (Å²) in [6.07, 6.45) is 2.20. The van der Waals surface area contributed by atoms with Gasteiger partial charge in [-0.2, -0.15) is 4.31 Å². The fraction of sp³-hybridized carbons (Fsp3) is 0.571. The summed E-state index contributed by atoms with van der Waals surface area (Å²) in [5.74, 6) is -0.173. The molecule has 2 unspecified atom stereocenters. The van der Waals surface area contributed by atoms with E-state index in [4.69, 9.17) is 0 Å². The van der Waals surface area contributed by atoms with E-state index in [0.717, 1.165) is 25.9 Å². The van der Waals surface area contributed by atoms with Crippen molar-refractivity contribution < 1.29 is 13.5 Å². The first kappa shape index (κ1) is 13.9. The van der Waals surface area contributed by atoms with Crippen molar-refractivity contribution in [2.24, 2.45) is 0 Å². The van der Waals surface area contributed by atoms with Crippen LogP contribution < -0.4 is 0 Å². The van der Waals surface area contributed by atoms with Gasteiger partial charge < -0.3 is 5.11 Å². The van der Waals surface area contributed by atoms with Crippen molar-refractivity contribution in [2.45, 2.75) is 36.7 Å². The Balaban J connectivity index is 1.93. The minimum absolute atomic E-state index is 0.0123. The summed E-state index contributed by atoms with van der Waals surface area (Å²) in [5.41, 5.74) is 0. The number of hydrogen-bond donors (Lipinski definition) is 1. The maximum Gasteiger partial charge on any atom is 0.247 e. The Hall–Kier alpha value is -1.11. The zero-order chi connectivity index (χ0) is 14.3. The van der Waals surface area contributed by atoms with Gasteiger partial charge in [-0.15, -0.1) is 0 Å². The van der Waals surface area contributed by atoms with Crippen molar-refractivity contribution >= 4 is 10.0 Å². The van der Waals surface area contributed by atoms with Crippen LogP contribution in [-0.2, 0) is 10.0 Å². The average molecular weight is 296 g/mol. The van der Waals surface area contributed by atoms with Crippen LogP contribution in [0.1, 0.15) is 19.8 Å². The fourth-order valence-electron chi connectivity index (χ4n) is 3.30. The molecule has 2 saturated heterocycles. The minimum Gasteiger partial charge on any atom is -0.507 e. The number of nitrogens with zero attached hydrogens (tertiary/aromatic N) is 2. The number of rotatable bonds is 2. The third kappa shape index (κ3) is 2.21. The van der Waals surface area contributed by atoms with Crippen LogP contribution in [0.2, 0.25) is 0 Å².